The van der Waals surface area contributed by atoms with Crippen LogP contribution in [0.3, 0.4) is 0 Å². The summed E-state index contributed by atoms with van der Waals surface area (Å²) >= 11 is 0. The average Bonchev–Trinajstić information content (AvgIpc) is 2.17. The highest BCUT2D eigenvalue weighted by Crippen LogP contribution is 2.09. The molecular weight excluding hydrogens is 96.0 g/mol. The van der Waals surface area contributed by atoms with Gasteiger partial charge in [-0.05, 0) is 0 Å². The van der Waals surface area contributed by atoms with Gasteiger partial charge in [-0.3, -0.25) is 4.90 Å². The number of nitrogens with zero attached hydrogens (tertiary/aromatic N) is 1. The molecule has 7 heavy (non-hydrogen) atoms. The van der Waals surface area contributed by atoms with Crippen molar-refractivity contribution in [2.75, 3.05) is 6.54 Å². The first kappa shape index (κ1) is 4.39. The lowest BCUT2D eigenvalue weighted by Gasteiger charge is -1.87. The Balaban J connectivity index is 2.33. The van der Waals surface area contributed by atoms with Gasteiger partial charge in [-0.2, -0.15) is 0 Å². The van der Waals surface area contributed by atoms with Gasteiger partial charge in [0.05, 0.1) is 6.54 Å². The average molecular weight is 102 g/mol. The summed E-state index contributed by atoms with van der Waals surface area (Å²) in [6, 6.07) is 0. The van der Waals surface area contributed by atoms with Gasteiger partial charge in [0.1, 0.15) is 6.17 Å². The van der Waals surface area contributed by atoms with Gasteiger partial charge < -0.3 is 10.8 Å². The first-order valence-corrected chi connectivity index (χ1v) is 1.97. The number of rotatable bonds is 0. The fraction of sp³-hybridized carbons (Fsp3) is 0.667. The molecule has 0 aromatic rings. The molecule has 1 atom stereocenters. The zero-order chi connectivity index (χ0) is 5.44. The molecule has 4 nitrogen and oxygen atoms in total. The third-order valence-corrected chi connectivity index (χ3v) is 0.896. The van der Waals surface area contributed by atoms with Gasteiger partial charge in [0.2, 0.25) is 0 Å². The second kappa shape index (κ2) is 1.10. The van der Waals surface area contributed by atoms with Crippen molar-refractivity contribution in [3.8, 4) is 0 Å². The molecule has 0 radical (unpaired) electrons. The van der Waals surface area contributed by atoms with Crippen molar-refractivity contribution in [1.82, 2.24) is 4.90 Å². The number of amides is 1. The SMILES string of the molecule is NC1CN1C(=O)O. The van der Waals surface area contributed by atoms with E-state index in [9.17, 15) is 4.79 Å². The quantitative estimate of drug-likeness (QED) is 0.396. The highest BCUT2D eigenvalue weighted by Gasteiger charge is 2.34. The molecule has 1 fully saturated rings. The molecule has 40 valence electrons. The second-order valence-electron chi connectivity index (χ2n) is 1.50. The molecule has 4 heteroatoms. The molecule has 0 spiro atoms. The van der Waals surface area contributed by atoms with Crippen LogP contribution in [0.15, 0.2) is 0 Å². The Morgan fingerprint density at radius 1 is 2.00 bits per heavy atom. The van der Waals surface area contributed by atoms with Crippen LogP contribution < -0.4 is 5.73 Å². The first-order valence-electron chi connectivity index (χ1n) is 1.97. The Bertz CT molecular complexity index is 103. The van der Waals surface area contributed by atoms with E-state index < -0.39 is 6.09 Å². The normalized spacial score (nSPS) is 27.6. The van der Waals surface area contributed by atoms with E-state index in [2.05, 4.69) is 0 Å². The highest BCUT2D eigenvalue weighted by molar-refractivity contribution is 5.68. The number of carbonyl (C=O) groups is 1. The third kappa shape index (κ3) is 0.640. The molecule has 1 unspecified atom stereocenters. The van der Waals surface area contributed by atoms with E-state index in [1.807, 2.05) is 0 Å². The molecule has 3 N–H and O–H groups in total. The van der Waals surface area contributed by atoms with Crippen LogP contribution in [-0.2, 0) is 0 Å². The summed E-state index contributed by atoms with van der Waals surface area (Å²) in [4.78, 5) is 11.0. The van der Waals surface area contributed by atoms with Crippen molar-refractivity contribution < 1.29 is 9.90 Å². The van der Waals surface area contributed by atoms with Crippen molar-refractivity contribution in [3.05, 3.63) is 0 Å². The topological polar surface area (TPSA) is 66.3 Å². The summed E-state index contributed by atoms with van der Waals surface area (Å²) in [6.07, 6.45) is -1.15. The molecule has 1 rings (SSSR count). The van der Waals surface area contributed by atoms with E-state index in [0.717, 1.165) is 4.90 Å². The fourth-order valence-corrected chi connectivity index (χ4v) is 0.374. The third-order valence-electron chi connectivity index (χ3n) is 0.896. The van der Waals surface area contributed by atoms with Crippen LogP contribution in [0.2, 0.25) is 0 Å². The summed E-state index contributed by atoms with van der Waals surface area (Å²) in [7, 11) is 0. The smallest absolute Gasteiger partial charge is 0.408 e. The maximum Gasteiger partial charge on any atom is 0.408 e. The molecule has 1 aliphatic heterocycles. The standard InChI is InChI=1S/C3H6N2O2/c4-2-1-5(2)3(6)7/h2H,1,4H2,(H,6,7). The summed E-state index contributed by atoms with van der Waals surface area (Å²) in [5, 5.41) is 8.07. The van der Waals surface area contributed by atoms with Crippen LogP contribution in [0, 0.1) is 0 Å². The Hall–Kier alpha value is -0.770. The predicted molar refractivity (Wildman–Crippen MR) is 22.7 cm³/mol. The Morgan fingerprint density at radius 3 is 2.43 bits per heavy atom. The molecule has 1 heterocycles. The van der Waals surface area contributed by atoms with Gasteiger partial charge in [0.25, 0.3) is 0 Å². The Kier molecular flexibility index (Phi) is 0.689. The van der Waals surface area contributed by atoms with Gasteiger partial charge in [0.15, 0.2) is 0 Å². The molecule has 1 saturated heterocycles. The fourth-order valence-electron chi connectivity index (χ4n) is 0.374. The number of hydrogen-bond acceptors (Lipinski definition) is 2. The van der Waals surface area contributed by atoms with Crippen molar-refractivity contribution in [3.63, 3.8) is 0 Å². The molecule has 0 aromatic heterocycles. The second-order valence-corrected chi connectivity index (χ2v) is 1.50. The minimum atomic E-state index is -0.924. The van der Waals surface area contributed by atoms with Crippen LogP contribution in [0.1, 0.15) is 0 Å². The van der Waals surface area contributed by atoms with E-state index >= 15 is 0 Å². The predicted octanol–water partition coefficient (Wildman–Crippen LogP) is -0.735. The van der Waals surface area contributed by atoms with Gasteiger partial charge in [-0.1, -0.05) is 0 Å². The van der Waals surface area contributed by atoms with Gasteiger partial charge >= 0.3 is 6.09 Å². The van der Waals surface area contributed by atoms with Crippen molar-refractivity contribution in [2.45, 2.75) is 6.17 Å². The van der Waals surface area contributed by atoms with Crippen LogP contribution in [-0.4, -0.2) is 28.8 Å². The summed E-state index contributed by atoms with van der Waals surface area (Å²) in [5.74, 6) is 0. The van der Waals surface area contributed by atoms with Gasteiger partial charge in [0, 0.05) is 0 Å². The largest absolute Gasteiger partial charge is 0.465 e. The highest BCUT2D eigenvalue weighted by atomic mass is 16.4. The number of nitrogens with two attached hydrogens (primary N) is 1. The van der Waals surface area contributed by atoms with E-state index in [-0.39, 0.29) is 6.17 Å². The van der Waals surface area contributed by atoms with Crippen LogP contribution in [0.5, 0.6) is 0 Å². The number of carboxylic acid groups (broad SMARTS) is 1. The molecule has 0 saturated carbocycles. The van der Waals surface area contributed by atoms with E-state index in [0.29, 0.717) is 6.54 Å². The molecule has 0 aliphatic carbocycles. The number of hydrogen-bond donors (Lipinski definition) is 2. The van der Waals surface area contributed by atoms with Gasteiger partial charge in [-0.15, -0.1) is 0 Å². The van der Waals surface area contributed by atoms with Crippen molar-refractivity contribution in [2.24, 2.45) is 5.73 Å². The van der Waals surface area contributed by atoms with Crippen LogP contribution >= 0.6 is 0 Å². The van der Waals surface area contributed by atoms with Crippen molar-refractivity contribution in [1.29, 1.82) is 0 Å². The zero-order valence-corrected chi connectivity index (χ0v) is 3.66. The summed E-state index contributed by atoms with van der Waals surface area (Å²) in [5.41, 5.74) is 5.11. The summed E-state index contributed by atoms with van der Waals surface area (Å²) in [6.45, 7) is 0.495. The molecule has 0 bridgehead atoms. The van der Waals surface area contributed by atoms with Crippen LogP contribution in [0.25, 0.3) is 0 Å². The van der Waals surface area contributed by atoms with E-state index in [1.54, 1.807) is 0 Å². The molecular formula is C3H6N2O2. The first-order chi connectivity index (χ1) is 3.22. The summed E-state index contributed by atoms with van der Waals surface area (Å²) < 4.78 is 0. The minimum Gasteiger partial charge on any atom is -0.465 e. The maximum atomic E-state index is 9.82. The van der Waals surface area contributed by atoms with E-state index in [4.69, 9.17) is 10.8 Å². The lowest BCUT2D eigenvalue weighted by atomic mass is 10.8. The van der Waals surface area contributed by atoms with Gasteiger partial charge in [-0.25, -0.2) is 4.79 Å². The van der Waals surface area contributed by atoms with Crippen LogP contribution in [0.4, 0.5) is 4.79 Å². The molecule has 1 aliphatic rings. The zero-order valence-electron chi connectivity index (χ0n) is 3.66. The Labute approximate surface area is 40.5 Å². The molecule has 0 aromatic carbocycles. The monoisotopic (exact) mass is 102 g/mol. The maximum absolute atomic E-state index is 9.82. The lowest BCUT2D eigenvalue weighted by molar-refractivity contribution is 0.176. The lowest BCUT2D eigenvalue weighted by Crippen LogP contribution is -2.15. The molecule has 1 amide bonds. The minimum absolute atomic E-state index is 0.225. The van der Waals surface area contributed by atoms with Crippen molar-refractivity contribution >= 4 is 6.09 Å². The van der Waals surface area contributed by atoms with E-state index in [1.165, 1.54) is 0 Å². The Morgan fingerprint density at radius 2 is 2.43 bits per heavy atom.